The first-order valence-corrected chi connectivity index (χ1v) is 5.76. The minimum atomic E-state index is -0.343. The van der Waals surface area contributed by atoms with Gasteiger partial charge in [-0.05, 0) is 30.7 Å². The molecule has 0 aliphatic heterocycles. The third-order valence-corrected chi connectivity index (χ3v) is 2.58. The summed E-state index contributed by atoms with van der Waals surface area (Å²) in [5.41, 5.74) is 0.938. The third-order valence-electron chi connectivity index (χ3n) is 2.27. The van der Waals surface area contributed by atoms with Crippen LogP contribution < -0.4 is 5.32 Å². The van der Waals surface area contributed by atoms with E-state index < -0.39 is 0 Å². The lowest BCUT2D eigenvalue weighted by Gasteiger charge is -2.05. The molecule has 0 aliphatic rings. The van der Waals surface area contributed by atoms with Crippen LogP contribution >= 0.6 is 11.6 Å². The van der Waals surface area contributed by atoms with E-state index in [0.717, 1.165) is 12.1 Å². The number of hydrogen-bond acceptors (Lipinski definition) is 1. The lowest BCUT2D eigenvalue weighted by molar-refractivity contribution is 0.605. The Bertz CT molecular complexity index is 302. The van der Waals surface area contributed by atoms with Gasteiger partial charge in [0.15, 0.2) is 0 Å². The molecule has 1 aromatic carbocycles. The van der Waals surface area contributed by atoms with Gasteiger partial charge in [0.25, 0.3) is 0 Å². The Labute approximate surface area is 95.6 Å². The largest absolute Gasteiger partial charge is 0.313 e. The summed E-state index contributed by atoms with van der Waals surface area (Å²) >= 11 is 5.59. The van der Waals surface area contributed by atoms with Gasteiger partial charge in [-0.1, -0.05) is 37.4 Å². The summed E-state index contributed by atoms with van der Waals surface area (Å²) in [7, 11) is 0. The summed E-state index contributed by atoms with van der Waals surface area (Å²) in [4.78, 5) is 0. The number of hydrogen-bond donors (Lipinski definition) is 1. The molecule has 15 heavy (non-hydrogen) atoms. The van der Waals surface area contributed by atoms with Crippen LogP contribution in [0.15, 0.2) is 18.2 Å². The van der Waals surface area contributed by atoms with Gasteiger partial charge in [0.05, 0.1) is 5.02 Å². The Morgan fingerprint density at radius 3 is 2.80 bits per heavy atom. The summed E-state index contributed by atoms with van der Waals surface area (Å²) in [5, 5.41) is 3.46. The normalized spacial score (nSPS) is 10.6. The van der Waals surface area contributed by atoms with Crippen LogP contribution in [-0.4, -0.2) is 6.54 Å². The Kier molecular flexibility index (Phi) is 5.66. The van der Waals surface area contributed by atoms with Gasteiger partial charge in [-0.25, -0.2) is 4.39 Å². The van der Waals surface area contributed by atoms with Crippen molar-refractivity contribution in [1.29, 1.82) is 0 Å². The minimum absolute atomic E-state index is 0.185. The van der Waals surface area contributed by atoms with Crippen molar-refractivity contribution >= 4 is 11.6 Å². The molecule has 0 atom stereocenters. The van der Waals surface area contributed by atoms with E-state index in [9.17, 15) is 4.39 Å². The van der Waals surface area contributed by atoms with Crippen LogP contribution in [0.1, 0.15) is 31.7 Å². The first kappa shape index (κ1) is 12.5. The fraction of sp³-hybridized carbons (Fsp3) is 0.500. The second-order valence-electron chi connectivity index (χ2n) is 3.63. The van der Waals surface area contributed by atoms with E-state index in [0.29, 0.717) is 6.54 Å². The third kappa shape index (κ3) is 4.63. The van der Waals surface area contributed by atoms with Crippen LogP contribution in [0.4, 0.5) is 4.39 Å². The van der Waals surface area contributed by atoms with E-state index in [1.54, 1.807) is 6.07 Å². The molecule has 1 rings (SSSR count). The molecule has 3 heteroatoms. The van der Waals surface area contributed by atoms with E-state index in [4.69, 9.17) is 11.6 Å². The number of benzene rings is 1. The standard InChI is InChI=1S/C12H17ClFN/c1-2-3-4-7-15-9-10-5-6-11(13)12(14)8-10/h5-6,8,15H,2-4,7,9H2,1H3. The SMILES string of the molecule is CCCCCNCc1ccc(Cl)c(F)c1. The molecule has 0 bridgehead atoms. The van der Waals surface area contributed by atoms with Crippen LogP contribution in [0.2, 0.25) is 5.02 Å². The smallest absolute Gasteiger partial charge is 0.142 e. The topological polar surface area (TPSA) is 12.0 Å². The second-order valence-corrected chi connectivity index (χ2v) is 4.04. The highest BCUT2D eigenvalue weighted by atomic mass is 35.5. The van der Waals surface area contributed by atoms with Crippen molar-refractivity contribution in [3.05, 3.63) is 34.6 Å². The first-order chi connectivity index (χ1) is 7.24. The fourth-order valence-corrected chi connectivity index (χ4v) is 1.50. The van der Waals surface area contributed by atoms with Gasteiger partial charge in [-0.2, -0.15) is 0 Å². The maximum Gasteiger partial charge on any atom is 0.142 e. The van der Waals surface area contributed by atoms with Crippen molar-refractivity contribution in [1.82, 2.24) is 5.32 Å². The molecule has 0 saturated heterocycles. The zero-order valence-electron chi connectivity index (χ0n) is 9.02. The molecule has 1 nitrogen and oxygen atoms in total. The van der Waals surface area contributed by atoms with Crippen LogP contribution in [-0.2, 0) is 6.54 Å². The van der Waals surface area contributed by atoms with Crippen molar-refractivity contribution < 1.29 is 4.39 Å². The van der Waals surface area contributed by atoms with Crippen molar-refractivity contribution in [2.24, 2.45) is 0 Å². The molecule has 0 spiro atoms. The van der Waals surface area contributed by atoms with E-state index in [-0.39, 0.29) is 10.8 Å². The van der Waals surface area contributed by atoms with Crippen molar-refractivity contribution in [3.8, 4) is 0 Å². The van der Waals surface area contributed by atoms with Crippen molar-refractivity contribution in [2.45, 2.75) is 32.7 Å². The monoisotopic (exact) mass is 229 g/mol. The van der Waals surface area contributed by atoms with Gasteiger partial charge in [0.1, 0.15) is 5.82 Å². The minimum Gasteiger partial charge on any atom is -0.313 e. The summed E-state index contributed by atoms with van der Waals surface area (Å²) in [5.74, 6) is -0.343. The number of rotatable bonds is 6. The van der Waals surface area contributed by atoms with Gasteiger partial charge in [-0.3, -0.25) is 0 Å². The summed E-state index contributed by atoms with van der Waals surface area (Å²) in [6, 6.07) is 4.92. The Hall–Kier alpha value is -0.600. The second kappa shape index (κ2) is 6.81. The molecular formula is C12H17ClFN. The Morgan fingerprint density at radius 1 is 1.33 bits per heavy atom. The lowest BCUT2D eigenvalue weighted by Crippen LogP contribution is -2.14. The molecule has 0 heterocycles. The number of halogens is 2. The molecule has 1 N–H and O–H groups in total. The predicted octanol–water partition coefficient (Wildman–Crippen LogP) is 3.76. The summed E-state index contributed by atoms with van der Waals surface area (Å²) < 4.78 is 13.0. The Morgan fingerprint density at radius 2 is 2.13 bits per heavy atom. The predicted molar refractivity (Wildman–Crippen MR) is 62.6 cm³/mol. The van der Waals surface area contributed by atoms with E-state index in [2.05, 4.69) is 12.2 Å². The summed E-state index contributed by atoms with van der Waals surface area (Å²) in [6.45, 7) is 3.87. The molecule has 0 amide bonds. The highest BCUT2D eigenvalue weighted by Gasteiger charge is 2.00. The van der Waals surface area contributed by atoms with Crippen molar-refractivity contribution in [3.63, 3.8) is 0 Å². The molecule has 0 radical (unpaired) electrons. The van der Waals surface area contributed by atoms with Gasteiger partial charge < -0.3 is 5.32 Å². The van der Waals surface area contributed by atoms with E-state index >= 15 is 0 Å². The quantitative estimate of drug-likeness (QED) is 0.733. The highest BCUT2D eigenvalue weighted by Crippen LogP contribution is 2.15. The maximum absolute atomic E-state index is 13.0. The molecule has 0 saturated carbocycles. The molecule has 0 unspecified atom stereocenters. The van der Waals surface area contributed by atoms with Crippen LogP contribution in [0, 0.1) is 5.82 Å². The zero-order chi connectivity index (χ0) is 11.1. The maximum atomic E-state index is 13.0. The zero-order valence-corrected chi connectivity index (χ0v) is 9.78. The van der Waals surface area contributed by atoms with Crippen LogP contribution in [0.5, 0.6) is 0 Å². The van der Waals surface area contributed by atoms with Gasteiger partial charge in [-0.15, -0.1) is 0 Å². The van der Waals surface area contributed by atoms with Crippen LogP contribution in [0.25, 0.3) is 0 Å². The molecule has 0 aromatic heterocycles. The molecule has 0 aliphatic carbocycles. The molecule has 0 fully saturated rings. The summed E-state index contributed by atoms with van der Waals surface area (Å²) in [6.07, 6.45) is 3.63. The lowest BCUT2D eigenvalue weighted by atomic mass is 10.2. The van der Waals surface area contributed by atoms with E-state index in [1.807, 2.05) is 6.07 Å². The van der Waals surface area contributed by atoms with Gasteiger partial charge in [0.2, 0.25) is 0 Å². The number of nitrogens with one attached hydrogen (secondary N) is 1. The van der Waals surface area contributed by atoms with Crippen molar-refractivity contribution in [2.75, 3.05) is 6.54 Å². The Balaban J connectivity index is 2.28. The van der Waals surface area contributed by atoms with Crippen LogP contribution in [0.3, 0.4) is 0 Å². The van der Waals surface area contributed by atoms with Gasteiger partial charge in [0, 0.05) is 6.54 Å². The molecule has 1 aromatic rings. The first-order valence-electron chi connectivity index (χ1n) is 5.38. The molecular weight excluding hydrogens is 213 g/mol. The molecule has 84 valence electrons. The number of unbranched alkanes of at least 4 members (excludes halogenated alkanes) is 2. The highest BCUT2D eigenvalue weighted by molar-refractivity contribution is 6.30. The average molecular weight is 230 g/mol. The average Bonchev–Trinajstić information content (AvgIpc) is 2.23. The van der Waals surface area contributed by atoms with Gasteiger partial charge >= 0.3 is 0 Å². The van der Waals surface area contributed by atoms with E-state index in [1.165, 1.54) is 25.3 Å². The fourth-order valence-electron chi connectivity index (χ4n) is 1.38.